The second-order valence-corrected chi connectivity index (χ2v) is 5.72. The Morgan fingerprint density at radius 3 is 2.57 bits per heavy atom. The van der Waals surface area contributed by atoms with Gasteiger partial charge in [-0.15, -0.1) is 0 Å². The Morgan fingerprint density at radius 2 is 2.14 bits per heavy atom. The molecule has 14 heavy (non-hydrogen) atoms. The van der Waals surface area contributed by atoms with Crippen LogP contribution in [0.2, 0.25) is 0 Å². The molecule has 0 saturated carbocycles. The van der Waals surface area contributed by atoms with Gasteiger partial charge < -0.3 is 4.74 Å². The van der Waals surface area contributed by atoms with Gasteiger partial charge in [-0.25, -0.2) is 4.99 Å². The summed E-state index contributed by atoms with van der Waals surface area (Å²) >= 11 is 16.9. The molecule has 0 aromatic rings. The predicted molar refractivity (Wildman–Crippen MR) is 61.4 cm³/mol. The number of hydrogen-bond donors (Lipinski definition) is 0. The molecule has 0 aromatic heterocycles. The first kappa shape index (κ1) is 12.2. The number of allylic oxidation sites excluding steroid dienone is 1. The SMILES string of the molecule is CC(C)/C=C/C1COC(C(Cl)(Cl)Cl)=N1. The number of hydrogen-bond acceptors (Lipinski definition) is 2. The molecule has 1 aliphatic heterocycles. The van der Waals surface area contributed by atoms with Crippen molar-refractivity contribution < 1.29 is 4.74 Å². The maximum Gasteiger partial charge on any atom is 0.266 e. The van der Waals surface area contributed by atoms with E-state index in [1.54, 1.807) is 0 Å². The van der Waals surface area contributed by atoms with Crippen molar-refractivity contribution in [3.8, 4) is 0 Å². The molecule has 1 unspecified atom stereocenters. The van der Waals surface area contributed by atoms with Crippen LogP contribution in [0.1, 0.15) is 13.8 Å². The van der Waals surface area contributed by atoms with Crippen molar-refractivity contribution in [2.24, 2.45) is 10.9 Å². The van der Waals surface area contributed by atoms with E-state index >= 15 is 0 Å². The fourth-order valence-electron chi connectivity index (χ4n) is 0.994. The van der Waals surface area contributed by atoms with Gasteiger partial charge in [-0.2, -0.15) is 0 Å². The summed E-state index contributed by atoms with van der Waals surface area (Å²) in [5.41, 5.74) is 0. The Kier molecular flexibility index (Phi) is 4.11. The lowest BCUT2D eigenvalue weighted by atomic mass is 10.2. The van der Waals surface area contributed by atoms with Crippen LogP contribution in [-0.2, 0) is 4.74 Å². The summed E-state index contributed by atoms with van der Waals surface area (Å²) < 4.78 is 3.62. The lowest BCUT2D eigenvalue weighted by molar-refractivity contribution is 0.326. The molecule has 0 saturated heterocycles. The van der Waals surface area contributed by atoms with Gasteiger partial charge in [-0.1, -0.05) is 60.8 Å². The van der Waals surface area contributed by atoms with Gasteiger partial charge in [0.1, 0.15) is 12.6 Å². The van der Waals surface area contributed by atoms with Gasteiger partial charge in [-0.3, -0.25) is 0 Å². The van der Waals surface area contributed by atoms with E-state index in [1.807, 2.05) is 6.08 Å². The monoisotopic (exact) mass is 255 g/mol. The second kappa shape index (κ2) is 4.73. The van der Waals surface area contributed by atoms with Crippen LogP contribution in [-0.4, -0.2) is 22.3 Å². The average Bonchev–Trinajstić information content (AvgIpc) is 2.47. The molecule has 2 nitrogen and oxygen atoms in total. The van der Waals surface area contributed by atoms with Gasteiger partial charge in [0.05, 0.1) is 0 Å². The van der Waals surface area contributed by atoms with E-state index in [1.165, 1.54) is 0 Å². The van der Waals surface area contributed by atoms with Crippen molar-refractivity contribution in [1.82, 2.24) is 0 Å². The van der Waals surface area contributed by atoms with Crippen LogP contribution in [0.3, 0.4) is 0 Å². The number of rotatable bonds is 2. The summed E-state index contributed by atoms with van der Waals surface area (Å²) in [6.45, 7) is 4.63. The summed E-state index contributed by atoms with van der Waals surface area (Å²) in [6, 6.07) is -0.0250. The lowest BCUT2D eigenvalue weighted by Crippen LogP contribution is -2.18. The Labute approximate surface area is 98.9 Å². The molecule has 0 amide bonds. The highest BCUT2D eigenvalue weighted by Crippen LogP contribution is 2.31. The molecule has 1 atom stereocenters. The summed E-state index contributed by atoms with van der Waals surface area (Å²) in [5, 5.41) is 0. The van der Waals surface area contributed by atoms with Crippen molar-refractivity contribution >= 4 is 40.7 Å². The van der Waals surface area contributed by atoms with Crippen LogP contribution in [0, 0.1) is 5.92 Å². The number of ether oxygens (including phenoxy) is 1. The summed E-state index contributed by atoms with van der Waals surface area (Å²) in [6.07, 6.45) is 4.02. The summed E-state index contributed by atoms with van der Waals surface area (Å²) in [5.74, 6) is 0.669. The van der Waals surface area contributed by atoms with Crippen LogP contribution in [0.5, 0.6) is 0 Å². The average molecular weight is 257 g/mol. The lowest BCUT2D eigenvalue weighted by Gasteiger charge is -2.08. The fraction of sp³-hybridized carbons (Fsp3) is 0.667. The number of alkyl halides is 3. The van der Waals surface area contributed by atoms with E-state index in [2.05, 4.69) is 24.9 Å². The number of nitrogens with zero attached hydrogens (tertiary/aromatic N) is 1. The molecule has 0 bridgehead atoms. The molecule has 0 spiro atoms. The topological polar surface area (TPSA) is 21.6 Å². The van der Waals surface area contributed by atoms with Crippen molar-refractivity contribution in [2.75, 3.05) is 6.61 Å². The minimum absolute atomic E-state index is 0.0250. The van der Waals surface area contributed by atoms with Crippen molar-refractivity contribution in [3.05, 3.63) is 12.2 Å². The molecule has 1 heterocycles. The van der Waals surface area contributed by atoms with Gasteiger partial charge in [-0.05, 0) is 5.92 Å². The van der Waals surface area contributed by atoms with Crippen LogP contribution in [0.25, 0.3) is 0 Å². The van der Waals surface area contributed by atoms with Gasteiger partial charge in [0.15, 0.2) is 0 Å². The predicted octanol–water partition coefficient (Wildman–Crippen LogP) is 3.37. The maximum absolute atomic E-state index is 5.62. The third kappa shape index (κ3) is 3.68. The van der Waals surface area contributed by atoms with E-state index in [0.717, 1.165) is 0 Å². The van der Waals surface area contributed by atoms with Gasteiger partial charge in [0.25, 0.3) is 3.79 Å². The first-order chi connectivity index (χ1) is 6.39. The molecule has 0 aromatic carbocycles. The molecule has 0 N–H and O–H groups in total. The van der Waals surface area contributed by atoms with E-state index in [0.29, 0.717) is 12.5 Å². The maximum atomic E-state index is 5.62. The first-order valence-corrected chi connectivity index (χ1v) is 5.49. The van der Waals surface area contributed by atoms with Crippen LogP contribution in [0.4, 0.5) is 0 Å². The van der Waals surface area contributed by atoms with E-state index in [4.69, 9.17) is 39.5 Å². The van der Waals surface area contributed by atoms with Gasteiger partial charge >= 0.3 is 0 Å². The first-order valence-electron chi connectivity index (χ1n) is 4.35. The third-order valence-corrected chi connectivity index (χ3v) is 2.12. The zero-order valence-corrected chi connectivity index (χ0v) is 10.3. The molecular weight excluding hydrogens is 244 g/mol. The molecule has 1 aliphatic rings. The third-order valence-electron chi connectivity index (χ3n) is 1.63. The number of halogens is 3. The van der Waals surface area contributed by atoms with Crippen molar-refractivity contribution in [1.29, 1.82) is 0 Å². The molecular formula is C9H12Cl3NO. The largest absolute Gasteiger partial charge is 0.475 e. The van der Waals surface area contributed by atoms with Crippen LogP contribution >= 0.6 is 34.8 Å². The van der Waals surface area contributed by atoms with Crippen molar-refractivity contribution in [2.45, 2.75) is 23.7 Å². The zero-order chi connectivity index (χ0) is 10.8. The minimum atomic E-state index is -1.54. The van der Waals surface area contributed by atoms with Gasteiger partial charge in [0, 0.05) is 0 Å². The normalized spacial score (nSPS) is 23.0. The highest BCUT2D eigenvalue weighted by Gasteiger charge is 2.34. The highest BCUT2D eigenvalue weighted by atomic mass is 35.6. The quantitative estimate of drug-likeness (QED) is 0.548. The molecule has 0 fully saturated rings. The van der Waals surface area contributed by atoms with Crippen molar-refractivity contribution in [3.63, 3.8) is 0 Å². The highest BCUT2D eigenvalue weighted by molar-refractivity contribution is 6.76. The van der Waals surface area contributed by atoms with E-state index in [9.17, 15) is 0 Å². The smallest absolute Gasteiger partial charge is 0.266 e. The summed E-state index contributed by atoms with van der Waals surface area (Å²) in [4.78, 5) is 4.14. The molecule has 0 aliphatic carbocycles. The zero-order valence-electron chi connectivity index (χ0n) is 8.01. The van der Waals surface area contributed by atoms with Crippen LogP contribution < -0.4 is 0 Å². The molecule has 80 valence electrons. The van der Waals surface area contributed by atoms with E-state index < -0.39 is 3.79 Å². The second-order valence-electron chi connectivity index (χ2n) is 3.44. The Balaban J connectivity index is 2.59. The number of aliphatic imine (C=N–C) groups is 1. The Hall–Kier alpha value is 0.0800. The van der Waals surface area contributed by atoms with Gasteiger partial charge in [0.2, 0.25) is 5.90 Å². The Morgan fingerprint density at radius 1 is 1.50 bits per heavy atom. The standard InChI is InChI=1S/C9H12Cl3NO/c1-6(2)3-4-7-5-14-8(13-7)9(10,11)12/h3-4,6-7H,5H2,1-2H3/b4-3+. The van der Waals surface area contributed by atoms with Crippen LogP contribution in [0.15, 0.2) is 17.1 Å². The summed E-state index contributed by atoms with van der Waals surface area (Å²) in [7, 11) is 0. The molecule has 0 radical (unpaired) electrons. The molecule has 1 rings (SSSR count). The van der Waals surface area contributed by atoms with E-state index in [-0.39, 0.29) is 11.9 Å². The molecule has 5 heteroatoms. The fourth-order valence-corrected chi connectivity index (χ4v) is 1.30. The minimum Gasteiger partial charge on any atom is -0.475 e. The Bertz CT molecular complexity index is 255.